The van der Waals surface area contributed by atoms with Crippen LogP contribution in [0.5, 0.6) is 5.75 Å². The van der Waals surface area contributed by atoms with Gasteiger partial charge in [-0.3, -0.25) is 0 Å². The predicted molar refractivity (Wildman–Crippen MR) is 85.5 cm³/mol. The summed E-state index contributed by atoms with van der Waals surface area (Å²) in [6, 6.07) is 11.3. The number of benzene rings is 2. The molecule has 0 amide bonds. The van der Waals surface area contributed by atoms with Crippen LogP contribution in [0, 0.1) is 0 Å². The second kappa shape index (κ2) is 5.57. The van der Waals surface area contributed by atoms with Crippen LogP contribution in [-0.4, -0.2) is 0 Å². The van der Waals surface area contributed by atoms with E-state index in [0.717, 1.165) is 21.3 Å². The molecule has 2 nitrogen and oxygen atoms in total. The highest BCUT2D eigenvalue weighted by Gasteiger charge is 2.27. The van der Waals surface area contributed by atoms with Crippen molar-refractivity contribution in [1.29, 1.82) is 0 Å². The van der Waals surface area contributed by atoms with Gasteiger partial charge < -0.3 is 10.5 Å². The highest BCUT2D eigenvalue weighted by molar-refractivity contribution is 9.10. The summed E-state index contributed by atoms with van der Waals surface area (Å²) in [5.74, 6) is 0.789. The zero-order valence-electron chi connectivity index (χ0n) is 10.4. The molecule has 3 rings (SSSR count). The Morgan fingerprint density at radius 3 is 2.70 bits per heavy atom. The van der Waals surface area contributed by atoms with Gasteiger partial charge in [-0.2, -0.15) is 0 Å². The molecule has 1 heterocycles. The molecule has 2 aromatic carbocycles. The molecule has 1 unspecified atom stereocenters. The fraction of sp³-hybridized carbons (Fsp3) is 0.200. The number of fused-ring (bicyclic) bond motifs is 1. The Hall–Kier alpha value is -0.740. The third kappa shape index (κ3) is 2.68. The summed E-state index contributed by atoms with van der Waals surface area (Å²) >= 11 is 15.5. The van der Waals surface area contributed by atoms with E-state index in [1.807, 2.05) is 36.4 Å². The van der Waals surface area contributed by atoms with Gasteiger partial charge in [0.2, 0.25) is 0 Å². The van der Waals surface area contributed by atoms with E-state index in [1.54, 1.807) is 0 Å². The molecule has 1 aliphatic rings. The van der Waals surface area contributed by atoms with Crippen molar-refractivity contribution in [3.8, 4) is 5.75 Å². The van der Waals surface area contributed by atoms with Crippen LogP contribution in [-0.2, 0) is 0 Å². The lowest BCUT2D eigenvalue weighted by Gasteiger charge is -2.30. The lowest BCUT2D eigenvalue weighted by Crippen LogP contribution is -2.24. The highest BCUT2D eigenvalue weighted by Crippen LogP contribution is 2.41. The molecule has 104 valence electrons. The van der Waals surface area contributed by atoms with Gasteiger partial charge in [0, 0.05) is 27.5 Å². The molecule has 2 atom stereocenters. The van der Waals surface area contributed by atoms with E-state index in [4.69, 9.17) is 33.7 Å². The molecule has 2 N–H and O–H groups in total. The molecular weight excluding hydrogens is 361 g/mol. The average Bonchev–Trinajstić information content (AvgIpc) is 2.42. The third-order valence-electron chi connectivity index (χ3n) is 3.42. The van der Waals surface area contributed by atoms with E-state index >= 15 is 0 Å². The normalized spacial score (nSPS) is 21.2. The van der Waals surface area contributed by atoms with E-state index in [2.05, 4.69) is 15.9 Å². The first-order valence-electron chi connectivity index (χ1n) is 6.21. The second-order valence-corrected chi connectivity index (χ2v) is 6.50. The lowest BCUT2D eigenvalue weighted by atomic mass is 9.94. The zero-order chi connectivity index (χ0) is 14.3. The number of hydrogen-bond acceptors (Lipinski definition) is 2. The summed E-state index contributed by atoms with van der Waals surface area (Å²) in [6.07, 6.45) is 0.606. The molecule has 0 aromatic heterocycles. The van der Waals surface area contributed by atoms with Gasteiger partial charge in [0.05, 0.1) is 5.02 Å². The van der Waals surface area contributed by atoms with Gasteiger partial charge in [-0.1, -0.05) is 29.3 Å². The number of hydrogen-bond donors (Lipinski definition) is 1. The van der Waals surface area contributed by atoms with Gasteiger partial charge in [-0.05, 0) is 51.8 Å². The molecular formula is C15H12BrCl2NO. The molecule has 0 radical (unpaired) electrons. The molecule has 0 fully saturated rings. The molecule has 20 heavy (non-hydrogen) atoms. The highest BCUT2D eigenvalue weighted by atomic mass is 79.9. The molecule has 1 aliphatic heterocycles. The summed E-state index contributed by atoms with van der Waals surface area (Å²) in [5, 5.41) is 1.34. The minimum atomic E-state index is -0.0933. The van der Waals surface area contributed by atoms with Crippen LogP contribution in [0.15, 0.2) is 40.9 Å². The average molecular weight is 373 g/mol. The van der Waals surface area contributed by atoms with E-state index < -0.39 is 0 Å². The molecule has 0 aliphatic carbocycles. The molecule has 0 bridgehead atoms. The third-order valence-corrected chi connectivity index (χ3v) is 4.89. The molecule has 2 aromatic rings. The Bertz CT molecular complexity index is 662. The monoisotopic (exact) mass is 371 g/mol. The molecule has 5 heteroatoms. The first-order valence-corrected chi connectivity index (χ1v) is 7.76. The van der Waals surface area contributed by atoms with Gasteiger partial charge in [-0.25, -0.2) is 0 Å². The van der Waals surface area contributed by atoms with Gasteiger partial charge in [-0.15, -0.1) is 0 Å². The van der Waals surface area contributed by atoms with Crippen molar-refractivity contribution < 1.29 is 4.74 Å². The van der Waals surface area contributed by atoms with Crippen LogP contribution in [0.2, 0.25) is 10.0 Å². The van der Waals surface area contributed by atoms with Crippen molar-refractivity contribution in [2.45, 2.75) is 18.6 Å². The number of rotatable bonds is 1. The van der Waals surface area contributed by atoms with Crippen molar-refractivity contribution >= 4 is 39.1 Å². The van der Waals surface area contributed by atoms with Crippen molar-refractivity contribution in [2.24, 2.45) is 5.73 Å². The molecule has 0 saturated heterocycles. The SMILES string of the molecule is N[C@H]1CC(c2ccc(Br)c(Cl)c2)Oc2ccc(Cl)cc21. The van der Waals surface area contributed by atoms with E-state index in [1.165, 1.54) is 0 Å². The Kier molecular flexibility index (Phi) is 3.95. The van der Waals surface area contributed by atoms with Crippen LogP contribution >= 0.6 is 39.1 Å². The van der Waals surface area contributed by atoms with Crippen LogP contribution in [0.1, 0.15) is 29.7 Å². The fourth-order valence-electron chi connectivity index (χ4n) is 2.39. The Balaban J connectivity index is 1.94. The number of ether oxygens (including phenoxy) is 1. The zero-order valence-corrected chi connectivity index (χ0v) is 13.5. The predicted octanol–water partition coefficient (Wildman–Crippen LogP) is 5.28. The summed E-state index contributed by atoms with van der Waals surface area (Å²) < 4.78 is 6.90. The van der Waals surface area contributed by atoms with Crippen LogP contribution in [0.25, 0.3) is 0 Å². The summed E-state index contributed by atoms with van der Waals surface area (Å²) in [5.41, 5.74) is 8.21. The van der Waals surface area contributed by atoms with E-state index in [-0.39, 0.29) is 12.1 Å². The quantitative estimate of drug-likeness (QED) is 0.738. The summed E-state index contributed by atoms with van der Waals surface area (Å²) in [4.78, 5) is 0. The maximum atomic E-state index is 6.23. The minimum absolute atomic E-state index is 0.0927. The van der Waals surface area contributed by atoms with Crippen molar-refractivity contribution in [1.82, 2.24) is 0 Å². The molecule has 0 saturated carbocycles. The van der Waals surface area contributed by atoms with E-state index in [0.29, 0.717) is 16.5 Å². The van der Waals surface area contributed by atoms with Crippen LogP contribution in [0.4, 0.5) is 0 Å². The number of halogens is 3. The minimum Gasteiger partial charge on any atom is -0.485 e. The lowest BCUT2D eigenvalue weighted by molar-refractivity contribution is 0.161. The maximum absolute atomic E-state index is 6.23. The van der Waals surface area contributed by atoms with Gasteiger partial charge in [0.1, 0.15) is 11.9 Å². The van der Waals surface area contributed by atoms with Crippen LogP contribution in [0.3, 0.4) is 0 Å². The van der Waals surface area contributed by atoms with Crippen molar-refractivity contribution in [2.75, 3.05) is 0 Å². The van der Waals surface area contributed by atoms with Crippen molar-refractivity contribution in [3.05, 3.63) is 62.0 Å². The first-order chi connectivity index (χ1) is 9.54. The maximum Gasteiger partial charge on any atom is 0.126 e. The fourth-order valence-corrected chi connectivity index (χ4v) is 3.01. The summed E-state index contributed by atoms with van der Waals surface area (Å²) in [6.45, 7) is 0. The smallest absolute Gasteiger partial charge is 0.126 e. The van der Waals surface area contributed by atoms with Crippen LogP contribution < -0.4 is 10.5 Å². The Morgan fingerprint density at radius 1 is 1.15 bits per heavy atom. The van der Waals surface area contributed by atoms with Gasteiger partial charge in [0.15, 0.2) is 0 Å². The largest absolute Gasteiger partial charge is 0.485 e. The van der Waals surface area contributed by atoms with Gasteiger partial charge >= 0.3 is 0 Å². The summed E-state index contributed by atoms with van der Waals surface area (Å²) in [7, 11) is 0. The Morgan fingerprint density at radius 2 is 1.95 bits per heavy atom. The van der Waals surface area contributed by atoms with E-state index in [9.17, 15) is 0 Å². The first kappa shape index (κ1) is 14.2. The molecule has 0 spiro atoms. The standard InChI is InChI=1S/C15H12BrCl2NO/c16-11-3-1-8(5-12(11)18)15-7-13(19)10-6-9(17)2-4-14(10)20-15/h1-6,13,15H,7,19H2/t13-,15?/m0/s1. The second-order valence-electron chi connectivity index (χ2n) is 4.80. The Labute approximate surface area is 136 Å². The van der Waals surface area contributed by atoms with Gasteiger partial charge in [0.25, 0.3) is 0 Å². The number of nitrogens with two attached hydrogens (primary N) is 1. The van der Waals surface area contributed by atoms with Crippen molar-refractivity contribution in [3.63, 3.8) is 0 Å². The topological polar surface area (TPSA) is 35.2 Å².